The van der Waals surface area contributed by atoms with Crippen LogP contribution >= 0.6 is 0 Å². The van der Waals surface area contributed by atoms with E-state index >= 15 is 0 Å². The minimum absolute atomic E-state index is 0.0287. The monoisotopic (exact) mass is 422 g/mol. The van der Waals surface area contributed by atoms with E-state index in [2.05, 4.69) is 6.58 Å². The molecule has 2 aliphatic rings. The van der Waals surface area contributed by atoms with Gasteiger partial charge in [0.1, 0.15) is 16.9 Å². The van der Waals surface area contributed by atoms with E-state index in [0.717, 1.165) is 12.1 Å². The Morgan fingerprint density at radius 2 is 1.83 bits per heavy atom. The van der Waals surface area contributed by atoms with E-state index in [-0.39, 0.29) is 40.8 Å². The van der Waals surface area contributed by atoms with E-state index in [4.69, 9.17) is 14.0 Å². The van der Waals surface area contributed by atoms with Crippen LogP contribution in [0.5, 0.6) is 5.75 Å². The molecule has 1 aromatic rings. The van der Waals surface area contributed by atoms with Crippen LogP contribution in [0.1, 0.15) is 32.6 Å². The van der Waals surface area contributed by atoms with Crippen molar-refractivity contribution in [1.29, 1.82) is 0 Å². The molecule has 0 bridgehead atoms. The van der Waals surface area contributed by atoms with Gasteiger partial charge in [-0.25, -0.2) is 4.79 Å². The quantitative estimate of drug-likeness (QED) is 0.233. The minimum atomic E-state index is -4.35. The van der Waals surface area contributed by atoms with Crippen LogP contribution in [0.3, 0.4) is 0 Å². The lowest BCUT2D eigenvalue weighted by atomic mass is 9.75. The normalized spacial score (nSPS) is 27.6. The highest BCUT2D eigenvalue weighted by Gasteiger charge is 2.71. The average Bonchev–Trinajstić information content (AvgIpc) is 3.27. The number of rotatable bonds is 7. The summed E-state index contributed by atoms with van der Waals surface area (Å²) >= 11 is 0. The maximum absolute atomic E-state index is 12.6. The number of fused-ring (bicyclic) bond motifs is 1. The lowest BCUT2D eigenvalue weighted by Crippen LogP contribution is -2.40. The molecule has 156 valence electrons. The highest BCUT2D eigenvalue weighted by Crippen LogP contribution is 2.72. The number of benzene rings is 1. The van der Waals surface area contributed by atoms with Gasteiger partial charge in [0.05, 0.1) is 12.0 Å². The summed E-state index contributed by atoms with van der Waals surface area (Å²) in [6, 6.07) is 4.70. The molecule has 0 aromatic heterocycles. The smallest absolute Gasteiger partial charge is 0.339 e. The summed E-state index contributed by atoms with van der Waals surface area (Å²) < 4.78 is 41.3. The highest BCUT2D eigenvalue weighted by atomic mass is 32.2. The number of carbonyl (C=O) groups is 3. The van der Waals surface area contributed by atoms with Crippen LogP contribution in [0.25, 0.3) is 0 Å². The zero-order chi connectivity index (χ0) is 21.6. The molecule has 2 saturated carbocycles. The maximum atomic E-state index is 12.6. The van der Waals surface area contributed by atoms with E-state index < -0.39 is 32.9 Å². The second-order valence-electron chi connectivity index (χ2n) is 7.60. The van der Waals surface area contributed by atoms with Crippen LogP contribution in [0.15, 0.2) is 41.3 Å². The van der Waals surface area contributed by atoms with Gasteiger partial charge in [-0.1, -0.05) is 13.5 Å². The summed E-state index contributed by atoms with van der Waals surface area (Å²) in [5.74, 6) is -1.45. The minimum Gasteiger partial charge on any atom is -0.468 e. The second-order valence-corrected chi connectivity index (χ2v) is 9.02. The Morgan fingerprint density at radius 1 is 1.21 bits per heavy atom. The number of hydrogen-bond acceptors (Lipinski definition) is 7. The zero-order valence-electron chi connectivity index (χ0n) is 16.1. The molecule has 2 aliphatic carbocycles. The van der Waals surface area contributed by atoms with E-state index in [1.165, 1.54) is 19.2 Å². The Kier molecular flexibility index (Phi) is 5.17. The fourth-order valence-electron chi connectivity index (χ4n) is 4.44. The molecule has 29 heavy (non-hydrogen) atoms. The summed E-state index contributed by atoms with van der Waals surface area (Å²) in [4.78, 5) is 37.2. The highest BCUT2D eigenvalue weighted by molar-refractivity contribution is 7.85. The third-order valence-electron chi connectivity index (χ3n) is 6.05. The lowest BCUT2D eigenvalue weighted by Gasteiger charge is -2.28. The Hall–Kier alpha value is -2.52. The fraction of sp³-hybridized carbons (Fsp3) is 0.450. The molecular weight excluding hydrogens is 400 g/mol. The van der Waals surface area contributed by atoms with E-state index in [1.54, 1.807) is 6.92 Å². The second kappa shape index (κ2) is 7.07. The number of hydrogen-bond donors (Lipinski definition) is 1. The van der Waals surface area contributed by atoms with Crippen molar-refractivity contribution in [2.24, 2.45) is 16.7 Å². The van der Waals surface area contributed by atoms with Crippen molar-refractivity contribution in [2.75, 3.05) is 7.11 Å². The zero-order valence-corrected chi connectivity index (χ0v) is 17.0. The Bertz CT molecular complexity index is 976. The van der Waals surface area contributed by atoms with Gasteiger partial charge in [0.25, 0.3) is 10.1 Å². The standard InChI is InChI=1S/C20H22O8S/c1-4-16(21)20(18(23)27-3)10-13-9-19(13,11-20)12(2)17(22)28-14-5-7-15(8-6-14)29(24,25)26/h5-8,13H,2,4,9-11H2,1,3H3,(H,24,25,26). The summed E-state index contributed by atoms with van der Waals surface area (Å²) in [7, 11) is -3.11. The van der Waals surface area contributed by atoms with Crippen LogP contribution in [0.4, 0.5) is 0 Å². The summed E-state index contributed by atoms with van der Waals surface area (Å²) in [5.41, 5.74) is -1.76. The van der Waals surface area contributed by atoms with Gasteiger partial charge in [-0.2, -0.15) is 8.42 Å². The lowest BCUT2D eigenvalue weighted by molar-refractivity contribution is -0.159. The molecule has 0 amide bonds. The van der Waals surface area contributed by atoms with Crippen molar-refractivity contribution in [3.8, 4) is 5.75 Å². The third kappa shape index (κ3) is 3.49. The molecule has 0 heterocycles. The van der Waals surface area contributed by atoms with E-state index in [1.807, 2.05) is 0 Å². The van der Waals surface area contributed by atoms with Crippen LogP contribution in [-0.2, 0) is 29.2 Å². The molecule has 1 N–H and O–H groups in total. The van der Waals surface area contributed by atoms with Crippen molar-refractivity contribution >= 4 is 27.8 Å². The molecule has 3 atom stereocenters. The summed E-state index contributed by atoms with van der Waals surface area (Å²) in [6.45, 7) is 5.55. The van der Waals surface area contributed by atoms with Crippen molar-refractivity contribution in [2.45, 2.75) is 37.5 Å². The molecule has 0 aliphatic heterocycles. The predicted octanol–water partition coefficient (Wildman–Crippen LogP) is 2.33. The van der Waals surface area contributed by atoms with Crippen molar-refractivity contribution < 1.29 is 36.8 Å². The van der Waals surface area contributed by atoms with Gasteiger partial charge >= 0.3 is 11.9 Å². The summed E-state index contributed by atoms with van der Waals surface area (Å²) in [6.07, 6.45) is 1.31. The predicted molar refractivity (Wildman–Crippen MR) is 101 cm³/mol. The molecule has 9 heteroatoms. The molecule has 0 radical (unpaired) electrons. The Labute approximate surface area is 168 Å². The SMILES string of the molecule is C=C(C(=O)Oc1ccc(S(=O)(=O)O)cc1)C12CC1CC(C(=O)CC)(C(=O)OC)C2. The van der Waals surface area contributed by atoms with Gasteiger partial charge in [0.15, 0.2) is 0 Å². The number of ketones is 1. The maximum Gasteiger partial charge on any atom is 0.339 e. The van der Waals surface area contributed by atoms with Crippen molar-refractivity contribution in [3.63, 3.8) is 0 Å². The number of esters is 2. The molecule has 0 spiro atoms. The summed E-state index contributed by atoms with van der Waals surface area (Å²) in [5, 5.41) is 0. The number of methoxy groups -OCH3 is 1. The molecule has 1 aromatic carbocycles. The molecule has 3 rings (SSSR count). The van der Waals surface area contributed by atoms with Crippen LogP contribution in [0.2, 0.25) is 0 Å². The first-order valence-electron chi connectivity index (χ1n) is 9.11. The molecule has 2 fully saturated rings. The largest absolute Gasteiger partial charge is 0.468 e. The molecule has 3 unspecified atom stereocenters. The fourth-order valence-corrected chi connectivity index (χ4v) is 4.92. The van der Waals surface area contributed by atoms with Gasteiger partial charge in [0.2, 0.25) is 0 Å². The molecule has 8 nitrogen and oxygen atoms in total. The number of Topliss-reactive ketones (excluding diaryl/α,β-unsaturated/α-hetero) is 1. The van der Waals surface area contributed by atoms with Gasteiger partial charge in [-0.05, 0) is 49.4 Å². The number of carbonyl (C=O) groups excluding carboxylic acids is 3. The first-order valence-corrected chi connectivity index (χ1v) is 10.5. The average molecular weight is 422 g/mol. The van der Waals surface area contributed by atoms with Crippen LogP contribution < -0.4 is 4.74 Å². The van der Waals surface area contributed by atoms with E-state index in [9.17, 15) is 22.8 Å². The molecular formula is C20H22O8S. The van der Waals surface area contributed by atoms with Crippen LogP contribution in [0, 0.1) is 16.7 Å². The Balaban J connectivity index is 1.76. The van der Waals surface area contributed by atoms with Crippen LogP contribution in [-0.4, -0.2) is 37.8 Å². The Morgan fingerprint density at radius 3 is 2.34 bits per heavy atom. The van der Waals surface area contributed by atoms with Gasteiger partial charge in [-0.3, -0.25) is 14.1 Å². The molecule has 0 saturated heterocycles. The van der Waals surface area contributed by atoms with Gasteiger partial charge < -0.3 is 9.47 Å². The third-order valence-corrected chi connectivity index (χ3v) is 6.92. The van der Waals surface area contributed by atoms with Crippen molar-refractivity contribution in [3.05, 3.63) is 36.4 Å². The first-order chi connectivity index (χ1) is 13.5. The number of ether oxygens (including phenoxy) is 2. The van der Waals surface area contributed by atoms with Crippen molar-refractivity contribution in [1.82, 2.24) is 0 Å². The topological polar surface area (TPSA) is 124 Å². The van der Waals surface area contributed by atoms with Gasteiger partial charge in [0, 0.05) is 17.4 Å². The first kappa shape index (κ1) is 21.2. The van der Waals surface area contributed by atoms with Gasteiger partial charge in [-0.15, -0.1) is 0 Å². The van der Waals surface area contributed by atoms with E-state index in [0.29, 0.717) is 12.8 Å².